The molecule has 10 aromatic rings. The number of fused-ring (bicyclic) bond motifs is 6. The molecule has 0 aliphatic heterocycles. The fourth-order valence-electron chi connectivity index (χ4n) is 8.71. The molecular weight excluding hydrogens is 747 g/mol. The van der Waals surface area contributed by atoms with E-state index in [-0.39, 0.29) is 0 Å². The second kappa shape index (κ2) is 14.3. The lowest BCUT2D eigenvalue weighted by atomic mass is 9.97. The standard InChI is InChI=1S/C54H29N7/c1-33-21-53(60-49-15-8-6-13-44(49)46-20-18-36(29-51(46)60)39-26-42(58-4)30-43(27-39)59-5)54(31-48(33)37-11-10-12-40(24-37)56-2)61-50-16-9-7-14-45(50)47-19-17-35(28-52(47)61)38-22-34(32-55)23-41(25-38)57-3/h6-31H,1H3. The number of nitrogens with zero attached hydrogens (tertiary/aromatic N) is 7. The first kappa shape index (κ1) is 36.2. The Labute approximate surface area is 351 Å². The van der Waals surface area contributed by atoms with Gasteiger partial charge in [-0.3, -0.25) is 0 Å². The van der Waals surface area contributed by atoms with Gasteiger partial charge in [-0.05, 0) is 107 Å². The lowest BCUT2D eigenvalue weighted by Gasteiger charge is -2.20. The molecule has 0 amide bonds. The van der Waals surface area contributed by atoms with E-state index >= 15 is 0 Å². The van der Waals surface area contributed by atoms with E-state index in [2.05, 4.69) is 126 Å². The van der Waals surface area contributed by atoms with Crippen molar-refractivity contribution in [1.82, 2.24) is 9.13 Å². The number of benzene rings is 8. The maximum absolute atomic E-state index is 9.87. The average molecular weight is 776 g/mol. The van der Waals surface area contributed by atoms with E-state index in [0.717, 1.165) is 93.9 Å². The molecule has 8 aromatic carbocycles. The van der Waals surface area contributed by atoms with E-state index in [1.807, 2.05) is 60.7 Å². The van der Waals surface area contributed by atoms with Gasteiger partial charge in [-0.15, -0.1) is 0 Å². The van der Waals surface area contributed by atoms with Crippen LogP contribution in [0.1, 0.15) is 11.1 Å². The molecule has 0 saturated heterocycles. The Hall–Kier alpha value is -9.19. The molecule has 2 aromatic heterocycles. The summed E-state index contributed by atoms with van der Waals surface area (Å²) in [5.41, 5.74) is 14.2. The van der Waals surface area contributed by atoms with Crippen molar-refractivity contribution in [2.24, 2.45) is 0 Å². The van der Waals surface area contributed by atoms with Gasteiger partial charge in [0, 0.05) is 27.1 Å². The lowest BCUT2D eigenvalue weighted by molar-refractivity contribution is 1.09. The van der Waals surface area contributed by atoms with Crippen molar-refractivity contribution < 1.29 is 0 Å². The molecule has 0 N–H and O–H groups in total. The van der Waals surface area contributed by atoms with Crippen LogP contribution in [0.4, 0.5) is 22.7 Å². The van der Waals surface area contributed by atoms with Gasteiger partial charge in [0.2, 0.25) is 0 Å². The first-order valence-corrected chi connectivity index (χ1v) is 19.4. The van der Waals surface area contributed by atoms with Gasteiger partial charge in [0.15, 0.2) is 22.7 Å². The molecule has 10 rings (SSSR count). The second-order valence-electron chi connectivity index (χ2n) is 14.9. The van der Waals surface area contributed by atoms with Crippen LogP contribution in [0.3, 0.4) is 0 Å². The van der Waals surface area contributed by atoms with Crippen molar-refractivity contribution in [3.05, 3.63) is 215 Å². The normalized spacial score (nSPS) is 11.0. The van der Waals surface area contributed by atoms with Crippen molar-refractivity contribution in [1.29, 1.82) is 5.26 Å². The second-order valence-corrected chi connectivity index (χ2v) is 14.9. The quantitative estimate of drug-likeness (QED) is 0.161. The van der Waals surface area contributed by atoms with E-state index in [1.165, 1.54) is 0 Å². The monoisotopic (exact) mass is 775 g/mol. The van der Waals surface area contributed by atoms with Crippen molar-refractivity contribution in [3.63, 3.8) is 0 Å². The highest BCUT2D eigenvalue weighted by molar-refractivity contribution is 6.13. The van der Waals surface area contributed by atoms with Crippen LogP contribution in [0.2, 0.25) is 0 Å². The van der Waals surface area contributed by atoms with Crippen LogP contribution in [0, 0.1) is 44.5 Å². The topological polar surface area (TPSA) is 51.1 Å². The smallest absolute Gasteiger partial charge is 0.189 e. The van der Waals surface area contributed by atoms with Gasteiger partial charge in [0.05, 0.1) is 65.8 Å². The Morgan fingerprint density at radius 1 is 0.410 bits per heavy atom. The van der Waals surface area contributed by atoms with E-state index in [4.69, 9.17) is 26.3 Å². The fourth-order valence-corrected chi connectivity index (χ4v) is 8.71. The van der Waals surface area contributed by atoms with Crippen LogP contribution < -0.4 is 0 Å². The Balaban J connectivity index is 1.34. The summed E-state index contributed by atoms with van der Waals surface area (Å²) in [4.78, 5) is 14.8. The summed E-state index contributed by atoms with van der Waals surface area (Å²) >= 11 is 0. The predicted octanol–water partition coefficient (Wildman–Crippen LogP) is 15.3. The number of nitriles is 1. The fraction of sp³-hybridized carbons (Fsp3) is 0.0185. The summed E-state index contributed by atoms with van der Waals surface area (Å²) < 4.78 is 4.62. The number of aromatic nitrogens is 2. The van der Waals surface area contributed by atoms with Crippen LogP contribution >= 0.6 is 0 Å². The Morgan fingerprint density at radius 2 is 0.902 bits per heavy atom. The van der Waals surface area contributed by atoms with Crippen molar-refractivity contribution >= 4 is 66.4 Å². The summed E-state index contributed by atoms with van der Waals surface area (Å²) in [6.07, 6.45) is 0. The van der Waals surface area contributed by atoms with Crippen molar-refractivity contribution in [2.75, 3.05) is 0 Å². The maximum Gasteiger partial charge on any atom is 0.189 e. The molecule has 7 heteroatoms. The van der Waals surface area contributed by atoms with E-state index in [9.17, 15) is 5.26 Å². The number of hydrogen-bond acceptors (Lipinski definition) is 1. The molecule has 0 fully saturated rings. The van der Waals surface area contributed by atoms with Crippen LogP contribution in [0.15, 0.2) is 158 Å². The Bertz CT molecular complexity index is 3670. The molecule has 0 atom stereocenters. The summed E-state index contributed by atoms with van der Waals surface area (Å²) in [6, 6.07) is 54.3. The lowest BCUT2D eigenvalue weighted by Crippen LogP contribution is -2.05. The van der Waals surface area contributed by atoms with Gasteiger partial charge in [0.1, 0.15) is 0 Å². The molecule has 61 heavy (non-hydrogen) atoms. The van der Waals surface area contributed by atoms with Gasteiger partial charge >= 0.3 is 0 Å². The Kier molecular flexibility index (Phi) is 8.49. The summed E-state index contributed by atoms with van der Waals surface area (Å²) in [7, 11) is 0. The highest BCUT2D eigenvalue weighted by atomic mass is 15.1. The van der Waals surface area contributed by atoms with Crippen LogP contribution in [-0.4, -0.2) is 9.13 Å². The number of aryl methyl sites for hydroxylation is 1. The van der Waals surface area contributed by atoms with Crippen LogP contribution in [0.5, 0.6) is 0 Å². The van der Waals surface area contributed by atoms with Gasteiger partial charge in [-0.25, -0.2) is 19.4 Å². The SMILES string of the molecule is [C-]#[N+]c1cc(C#N)cc(-c2ccc3c4ccccc4n(-c4cc(-c5cccc([N+]#[C-])c5)c(C)cc4-n4c5ccccc5c5ccc(-c6cc([N+]#[C-])cc([N+]#[C-])c6)cc54)c3c2)c1. The van der Waals surface area contributed by atoms with Crippen molar-refractivity contribution in [3.8, 4) is 50.8 Å². The van der Waals surface area contributed by atoms with Crippen molar-refractivity contribution in [2.45, 2.75) is 6.92 Å². The molecule has 0 aliphatic rings. The largest absolute Gasteiger partial charge is 0.307 e. The molecule has 2 heterocycles. The third-order valence-corrected chi connectivity index (χ3v) is 11.4. The van der Waals surface area contributed by atoms with Crippen LogP contribution in [-0.2, 0) is 0 Å². The minimum absolute atomic E-state index is 0.402. The molecule has 0 aliphatic carbocycles. The molecule has 0 unspecified atom stereocenters. The predicted molar refractivity (Wildman–Crippen MR) is 246 cm³/mol. The number of para-hydroxylation sites is 2. The Morgan fingerprint density at radius 3 is 1.46 bits per heavy atom. The zero-order valence-corrected chi connectivity index (χ0v) is 32.6. The first-order valence-electron chi connectivity index (χ1n) is 19.4. The molecule has 0 spiro atoms. The summed E-state index contributed by atoms with van der Waals surface area (Å²) in [5, 5.41) is 14.1. The van der Waals surface area contributed by atoms with Gasteiger partial charge in [0.25, 0.3) is 0 Å². The first-order chi connectivity index (χ1) is 29.9. The summed E-state index contributed by atoms with van der Waals surface area (Å²) in [5.74, 6) is 0. The number of hydrogen-bond donors (Lipinski definition) is 0. The molecule has 7 nitrogen and oxygen atoms in total. The third-order valence-electron chi connectivity index (χ3n) is 11.4. The van der Waals surface area contributed by atoms with E-state index in [1.54, 1.807) is 12.1 Å². The third kappa shape index (κ3) is 5.94. The van der Waals surface area contributed by atoms with Gasteiger partial charge in [-0.2, -0.15) is 5.26 Å². The van der Waals surface area contributed by atoms with Gasteiger partial charge in [-0.1, -0.05) is 97.1 Å². The van der Waals surface area contributed by atoms with E-state index in [0.29, 0.717) is 28.3 Å². The van der Waals surface area contributed by atoms with Crippen LogP contribution in [0.25, 0.3) is 108 Å². The molecular formula is C54H29N7. The minimum Gasteiger partial charge on any atom is -0.307 e. The van der Waals surface area contributed by atoms with E-state index < -0.39 is 0 Å². The molecule has 0 saturated carbocycles. The molecule has 0 bridgehead atoms. The maximum atomic E-state index is 9.87. The zero-order valence-electron chi connectivity index (χ0n) is 32.6. The highest BCUT2D eigenvalue weighted by Crippen LogP contribution is 2.43. The highest BCUT2D eigenvalue weighted by Gasteiger charge is 2.22. The minimum atomic E-state index is 0.402. The summed E-state index contributed by atoms with van der Waals surface area (Å²) in [6.45, 7) is 33.1. The average Bonchev–Trinajstić information content (AvgIpc) is 3.83. The molecule has 280 valence electrons. The van der Waals surface area contributed by atoms with Gasteiger partial charge < -0.3 is 9.13 Å². The number of rotatable bonds is 5. The zero-order chi connectivity index (χ0) is 41.8. The molecule has 0 radical (unpaired) electrons.